The molecule has 0 fully saturated rings. The summed E-state index contributed by atoms with van der Waals surface area (Å²) in [7, 11) is 0. The number of hydrogen-bond acceptors (Lipinski definition) is 1. The van der Waals surface area contributed by atoms with Gasteiger partial charge >= 0.3 is 0 Å². The lowest BCUT2D eigenvalue weighted by atomic mass is 9.91. The van der Waals surface area contributed by atoms with E-state index in [1.807, 2.05) is 37.3 Å². The molecule has 0 N–H and O–H groups in total. The third kappa shape index (κ3) is 5.87. The topological polar surface area (TPSA) is 9.23 Å². The summed E-state index contributed by atoms with van der Waals surface area (Å²) in [5.74, 6) is -1.23. The van der Waals surface area contributed by atoms with Crippen molar-refractivity contribution in [2.75, 3.05) is 6.61 Å². The van der Waals surface area contributed by atoms with Crippen LogP contribution in [0.25, 0.3) is 22.3 Å². The molecule has 3 aromatic rings. The lowest BCUT2D eigenvalue weighted by Crippen LogP contribution is -2.09. The van der Waals surface area contributed by atoms with Crippen LogP contribution in [0.1, 0.15) is 45.1 Å². The highest BCUT2D eigenvalue weighted by atomic mass is 19.2. The first-order valence-corrected chi connectivity index (χ1v) is 12.4. The molecule has 182 valence electrons. The summed E-state index contributed by atoms with van der Waals surface area (Å²) in [5, 5.41) is 0. The molecular formula is C31H31F3O. The van der Waals surface area contributed by atoms with Crippen molar-refractivity contribution in [3.05, 3.63) is 101 Å². The number of benzene rings is 3. The minimum atomic E-state index is -0.874. The van der Waals surface area contributed by atoms with Gasteiger partial charge in [-0.2, -0.15) is 0 Å². The van der Waals surface area contributed by atoms with E-state index in [0.717, 1.165) is 36.8 Å². The standard InChI is InChI=1S/C31H31F3O/c1-3-5-6-25-12-9-22(19-29(25)32)20-35-26-15-13-24(14-16-26)28-18-17-27(30(33)31(28)34)23-10-7-21(4-2)8-11-23/h7-11,13-19,25H,3-6,12,20H2,1-2H3. The summed E-state index contributed by atoms with van der Waals surface area (Å²) in [5.41, 5.74) is 3.60. The normalized spacial score (nSPS) is 15.5. The molecule has 0 saturated heterocycles. The van der Waals surface area contributed by atoms with E-state index in [1.54, 1.807) is 42.5 Å². The van der Waals surface area contributed by atoms with Gasteiger partial charge in [0, 0.05) is 17.0 Å². The van der Waals surface area contributed by atoms with E-state index in [0.29, 0.717) is 23.3 Å². The van der Waals surface area contributed by atoms with Crippen molar-refractivity contribution in [1.29, 1.82) is 0 Å². The molecule has 3 aromatic carbocycles. The molecule has 0 spiro atoms. The van der Waals surface area contributed by atoms with Crippen molar-refractivity contribution in [3.63, 3.8) is 0 Å². The number of unbranched alkanes of at least 4 members (excludes halogenated alkanes) is 1. The zero-order valence-electron chi connectivity index (χ0n) is 20.3. The predicted octanol–water partition coefficient (Wildman–Crippen LogP) is 9.23. The first-order valence-electron chi connectivity index (χ1n) is 12.4. The van der Waals surface area contributed by atoms with Crippen LogP contribution in [-0.4, -0.2) is 6.61 Å². The monoisotopic (exact) mass is 476 g/mol. The Morgan fingerprint density at radius 2 is 1.40 bits per heavy atom. The Labute approximate surface area is 206 Å². The van der Waals surface area contributed by atoms with Gasteiger partial charge in [-0.15, -0.1) is 0 Å². The van der Waals surface area contributed by atoms with Gasteiger partial charge in [0.15, 0.2) is 11.6 Å². The Hall–Kier alpha value is -3.27. The Balaban J connectivity index is 1.42. The fraction of sp³-hybridized carbons (Fsp3) is 0.290. The SMILES string of the molecule is CCCCC1CC=C(COc2ccc(-c3ccc(-c4ccc(CC)cc4)c(F)c3F)cc2)C=C1F. The summed E-state index contributed by atoms with van der Waals surface area (Å²) in [6.07, 6.45) is 8.16. The fourth-order valence-corrected chi connectivity index (χ4v) is 4.38. The van der Waals surface area contributed by atoms with Crippen LogP contribution in [0, 0.1) is 17.6 Å². The van der Waals surface area contributed by atoms with Crippen LogP contribution >= 0.6 is 0 Å². The van der Waals surface area contributed by atoms with Crippen molar-refractivity contribution in [2.45, 2.75) is 46.0 Å². The molecule has 0 bridgehead atoms. The lowest BCUT2D eigenvalue weighted by molar-refractivity contribution is 0.349. The average molecular weight is 477 g/mol. The van der Waals surface area contributed by atoms with Crippen molar-refractivity contribution in [2.24, 2.45) is 5.92 Å². The second-order valence-electron chi connectivity index (χ2n) is 9.04. The highest BCUT2D eigenvalue weighted by molar-refractivity contribution is 5.72. The minimum absolute atomic E-state index is 0.0182. The molecular weight excluding hydrogens is 445 g/mol. The third-order valence-corrected chi connectivity index (χ3v) is 6.61. The van der Waals surface area contributed by atoms with Crippen molar-refractivity contribution >= 4 is 0 Å². The largest absolute Gasteiger partial charge is 0.489 e. The van der Waals surface area contributed by atoms with Gasteiger partial charge < -0.3 is 4.74 Å². The molecule has 1 nitrogen and oxygen atoms in total. The van der Waals surface area contributed by atoms with Crippen LogP contribution < -0.4 is 4.74 Å². The van der Waals surface area contributed by atoms with E-state index < -0.39 is 11.6 Å². The van der Waals surface area contributed by atoms with Gasteiger partial charge in [0.25, 0.3) is 0 Å². The third-order valence-electron chi connectivity index (χ3n) is 6.61. The van der Waals surface area contributed by atoms with Crippen LogP contribution in [0.5, 0.6) is 5.75 Å². The van der Waals surface area contributed by atoms with Gasteiger partial charge in [0.1, 0.15) is 18.2 Å². The van der Waals surface area contributed by atoms with Gasteiger partial charge in [-0.3, -0.25) is 0 Å². The molecule has 0 heterocycles. The molecule has 0 aliphatic heterocycles. The molecule has 0 amide bonds. The molecule has 1 aliphatic rings. The van der Waals surface area contributed by atoms with E-state index in [1.165, 1.54) is 0 Å². The summed E-state index contributed by atoms with van der Waals surface area (Å²) in [4.78, 5) is 0. The van der Waals surface area contributed by atoms with E-state index in [9.17, 15) is 13.2 Å². The van der Waals surface area contributed by atoms with Crippen molar-refractivity contribution in [3.8, 4) is 28.0 Å². The Kier molecular flexibility index (Phi) is 8.12. The highest BCUT2D eigenvalue weighted by Crippen LogP contribution is 2.33. The van der Waals surface area contributed by atoms with Crippen molar-refractivity contribution < 1.29 is 17.9 Å². The van der Waals surface area contributed by atoms with Crippen LogP contribution in [0.3, 0.4) is 0 Å². The maximum Gasteiger partial charge on any atom is 0.167 e. The first-order chi connectivity index (χ1) is 17.0. The first kappa shape index (κ1) is 24.8. The minimum Gasteiger partial charge on any atom is -0.489 e. The Bertz CT molecular complexity index is 1210. The second-order valence-corrected chi connectivity index (χ2v) is 9.04. The van der Waals surface area contributed by atoms with Gasteiger partial charge in [-0.1, -0.05) is 81.3 Å². The van der Waals surface area contributed by atoms with E-state index in [-0.39, 0.29) is 29.5 Å². The summed E-state index contributed by atoms with van der Waals surface area (Å²) in [6, 6.07) is 17.6. The summed E-state index contributed by atoms with van der Waals surface area (Å²) >= 11 is 0. The molecule has 1 unspecified atom stereocenters. The number of allylic oxidation sites excluding steroid dienone is 2. The number of ether oxygens (including phenoxy) is 1. The Morgan fingerprint density at radius 1 is 0.800 bits per heavy atom. The van der Waals surface area contributed by atoms with E-state index in [4.69, 9.17) is 4.74 Å². The number of halogens is 3. The van der Waals surface area contributed by atoms with Crippen molar-refractivity contribution in [1.82, 2.24) is 0 Å². The smallest absolute Gasteiger partial charge is 0.167 e. The molecule has 4 rings (SSSR count). The van der Waals surface area contributed by atoms with Gasteiger partial charge in [0.2, 0.25) is 0 Å². The van der Waals surface area contributed by atoms with Crippen LogP contribution in [0.4, 0.5) is 13.2 Å². The van der Waals surface area contributed by atoms with Crippen LogP contribution in [0.15, 0.2) is 84.2 Å². The predicted molar refractivity (Wildman–Crippen MR) is 137 cm³/mol. The maximum absolute atomic E-state index is 15.0. The second kappa shape index (κ2) is 11.4. The van der Waals surface area contributed by atoms with Gasteiger partial charge in [-0.25, -0.2) is 13.2 Å². The quantitative estimate of drug-likeness (QED) is 0.299. The number of aryl methyl sites for hydroxylation is 1. The van der Waals surface area contributed by atoms with Gasteiger partial charge in [0.05, 0.1) is 0 Å². The number of hydrogen-bond donors (Lipinski definition) is 0. The molecule has 0 radical (unpaired) electrons. The molecule has 4 heteroatoms. The fourth-order valence-electron chi connectivity index (χ4n) is 4.38. The van der Waals surface area contributed by atoms with E-state index in [2.05, 4.69) is 6.92 Å². The zero-order chi connectivity index (χ0) is 24.8. The van der Waals surface area contributed by atoms with E-state index >= 15 is 0 Å². The Morgan fingerprint density at radius 3 is 1.94 bits per heavy atom. The van der Waals surface area contributed by atoms with Crippen LogP contribution in [0.2, 0.25) is 0 Å². The van der Waals surface area contributed by atoms with Gasteiger partial charge in [-0.05, 0) is 59.7 Å². The summed E-state index contributed by atoms with van der Waals surface area (Å²) in [6.45, 7) is 4.42. The molecule has 35 heavy (non-hydrogen) atoms. The molecule has 1 atom stereocenters. The molecule has 0 aromatic heterocycles. The lowest BCUT2D eigenvalue weighted by Gasteiger charge is -2.18. The number of rotatable bonds is 9. The average Bonchev–Trinajstić information content (AvgIpc) is 2.89. The van der Waals surface area contributed by atoms with Crippen LogP contribution in [-0.2, 0) is 6.42 Å². The molecule has 0 saturated carbocycles. The maximum atomic E-state index is 15.0. The highest BCUT2D eigenvalue weighted by Gasteiger charge is 2.18. The molecule has 1 aliphatic carbocycles. The zero-order valence-corrected chi connectivity index (χ0v) is 20.3. The summed E-state index contributed by atoms with van der Waals surface area (Å²) < 4.78 is 50.0.